The molecule has 0 heterocycles. The molecular formula is C20H24FN3O2. The van der Waals surface area contributed by atoms with Crippen LogP contribution in [0.4, 0.5) is 15.8 Å². The van der Waals surface area contributed by atoms with Gasteiger partial charge in [-0.2, -0.15) is 0 Å². The summed E-state index contributed by atoms with van der Waals surface area (Å²) in [4.78, 5) is 26.2. The molecule has 2 rings (SSSR count). The summed E-state index contributed by atoms with van der Waals surface area (Å²) in [6.07, 6.45) is 0.813. The van der Waals surface area contributed by atoms with Gasteiger partial charge in [0.1, 0.15) is 5.82 Å². The van der Waals surface area contributed by atoms with Gasteiger partial charge < -0.3 is 10.6 Å². The monoisotopic (exact) mass is 357 g/mol. The number of nitrogens with one attached hydrogen (secondary N) is 2. The highest BCUT2D eigenvalue weighted by atomic mass is 19.1. The highest BCUT2D eigenvalue weighted by molar-refractivity contribution is 5.96. The molecule has 2 aromatic rings. The number of amides is 2. The quantitative estimate of drug-likeness (QED) is 0.799. The van der Waals surface area contributed by atoms with E-state index in [-0.39, 0.29) is 24.0 Å². The minimum Gasteiger partial charge on any atom is -0.325 e. The lowest BCUT2D eigenvalue weighted by molar-refractivity contribution is -0.122. The second kappa shape index (κ2) is 9.10. The first-order valence-electron chi connectivity index (χ1n) is 8.55. The molecule has 0 spiro atoms. The Bertz CT molecular complexity index is 779. The number of nitrogens with zero attached hydrogens (tertiary/aromatic N) is 1. The van der Waals surface area contributed by atoms with Crippen molar-refractivity contribution in [1.82, 2.24) is 4.90 Å². The maximum Gasteiger partial charge on any atom is 0.241 e. The zero-order valence-corrected chi connectivity index (χ0v) is 15.3. The SMILES string of the molecule is CCc1ccccc1NC(=O)CN(C)C(C)C(=O)Nc1ccccc1F. The van der Waals surface area contributed by atoms with E-state index in [1.807, 2.05) is 31.2 Å². The molecule has 0 saturated carbocycles. The molecule has 26 heavy (non-hydrogen) atoms. The van der Waals surface area contributed by atoms with Gasteiger partial charge in [0.15, 0.2) is 0 Å². The zero-order chi connectivity index (χ0) is 19.1. The summed E-state index contributed by atoms with van der Waals surface area (Å²) in [5.74, 6) is -1.08. The van der Waals surface area contributed by atoms with Crippen LogP contribution < -0.4 is 10.6 Å². The summed E-state index contributed by atoms with van der Waals surface area (Å²) in [7, 11) is 1.68. The number of aryl methyl sites for hydroxylation is 1. The second-order valence-electron chi connectivity index (χ2n) is 6.12. The van der Waals surface area contributed by atoms with Gasteiger partial charge in [0.25, 0.3) is 0 Å². The molecule has 0 aliphatic rings. The average Bonchev–Trinajstić information content (AvgIpc) is 2.63. The molecule has 6 heteroatoms. The Labute approximate surface area is 153 Å². The molecule has 2 aromatic carbocycles. The van der Waals surface area contributed by atoms with Crippen LogP contribution in [0, 0.1) is 5.82 Å². The zero-order valence-electron chi connectivity index (χ0n) is 15.3. The first-order chi connectivity index (χ1) is 12.4. The lowest BCUT2D eigenvalue weighted by Gasteiger charge is -2.23. The van der Waals surface area contributed by atoms with Gasteiger partial charge in [-0.3, -0.25) is 14.5 Å². The van der Waals surface area contributed by atoms with Gasteiger partial charge in [-0.25, -0.2) is 4.39 Å². The van der Waals surface area contributed by atoms with Crippen molar-refractivity contribution in [3.05, 3.63) is 59.9 Å². The minimum absolute atomic E-state index is 0.0455. The van der Waals surface area contributed by atoms with Gasteiger partial charge in [0, 0.05) is 5.69 Å². The Morgan fingerprint density at radius 1 is 1.04 bits per heavy atom. The van der Waals surface area contributed by atoms with Crippen LogP contribution in [0.3, 0.4) is 0 Å². The molecule has 0 bridgehead atoms. The average molecular weight is 357 g/mol. The number of carbonyl (C=O) groups is 2. The van der Waals surface area contributed by atoms with Crippen LogP contribution in [-0.2, 0) is 16.0 Å². The van der Waals surface area contributed by atoms with Gasteiger partial charge in [0.05, 0.1) is 18.3 Å². The Morgan fingerprint density at radius 2 is 1.65 bits per heavy atom. The van der Waals surface area contributed by atoms with E-state index < -0.39 is 11.9 Å². The smallest absolute Gasteiger partial charge is 0.241 e. The second-order valence-corrected chi connectivity index (χ2v) is 6.12. The number of carbonyl (C=O) groups excluding carboxylic acids is 2. The van der Waals surface area contributed by atoms with Crippen LogP contribution in [0.2, 0.25) is 0 Å². The van der Waals surface area contributed by atoms with E-state index in [9.17, 15) is 14.0 Å². The van der Waals surface area contributed by atoms with Gasteiger partial charge in [-0.15, -0.1) is 0 Å². The summed E-state index contributed by atoms with van der Waals surface area (Å²) >= 11 is 0. The van der Waals surface area contributed by atoms with Crippen molar-refractivity contribution in [2.75, 3.05) is 24.2 Å². The van der Waals surface area contributed by atoms with Gasteiger partial charge >= 0.3 is 0 Å². The van der Waals surface area contributed by atoms with Crippen molar-refractivity contribution in [1.29, 1.82) is 0 Å². The maximum atomic E-state index is 13.6. The van der Waals surface area contributed by atoms with Gasteiger partial charge in [0.2, 0.25) is 11.8 Å². The fourth-order valence-electron chi connectivity index (χ4n) is 2.50. The highest BCUT2D eigenvalue weighted by Crippen LogP contribution is 2.16. The maximum absolute atomic E-state index is 13.6. The van der Waals surface area contributed by atoms with E-state index in [4.69, 9.17) is 0 Å². The number of benzene rings is 2. The first kappa shape index (κ1) is 19.6. The molecule has 0 aromatic heterocycles. The largest absolute Gasteiger partial charge is 0.325 e. The van der Waals surface area contributed by atoms with Crippen molar-refractivity contribution in [3.8, 4) is 0 Å². The fourth-order valence-corrected chi connectivity index (χ4v) is 2.50. The fraction of sp³-hybridized carbons (Fsp3) is 0.300. The molecule has 2 amide bonds. The Morgan fingerprint density at radius 3 is 2.31 bits per heavy atom. The van der Waals surface area contributed by atoms with E-state index in [1.54, 1.807) is 31.0 Å². The molecule has 1 atom stereocenters. The number of hydrogen-bond donors (Lipinski definition) is 2. The summed E-state index contributed by atoms with van der Waals surface area (Å²) in [6.45, 7) is 3.74. The summed E-state index contributed by atoms with van der Waals surface area (Å²) in [6, 6.07) is 13.0. The Hall–Kier alpha value is -2.73. The molecule has 138 valence electrons. The number of likely N-dealkylation sites (N-methyl/N-ethyl adjacent to an activating group) is 1. The third-order valence-corrected chi connectivity index (χ3v) is 4.24. The van der Waals surface area contributed by atoms with Crippen LogP contribution in [0.5, 0.6) is 0 Å². The van der Waals surface area contributed by atoms with Gasteiger partial charge in [-0.1, -0.05) is 37.3 Å². The van der Waals surface area contributed by atoms with Crippen molar-refractivity contribution >= 4 is 23.2 Å². The number of para-hydroxylation sites is 2. The van der Waals surface area contributed by atoms with Crippen LogP contribution >= 0.6 is 0 Å². The molecule has 5 nitrogen and oxygen atoms in total. The topological polar surface area (TPSA) is 61.4 Å². The van der Waals surface area contributed by atoms with Crippen molar-refractivity contribution in [3.63, 3.8) is 0 Å². The summed E-state index contributed by atoms with van der Waals surface area (Å²) in [5.41, 5.74) is 1.95. The van der Waals surface area contributed by atoms with Crippen molar-refractivity contribution in [2.24, 2.45) is 0 Å². The van der Waals surface area contributed by atoms with Gasteiger partial charge in [-0.05, 0) is 44.2 Å². The lowest BCUT2D eigenvalue weighted by atomic mass is 10.1. The van der Waals surface area contributed by atoms with Crippen molar-refractivity contribution in [2.45, 2.75) is 26.3 Å². The number of halogens is 1. The first-order valence-corrected chi connectivity index (χ1v) is 8.55. The van der Waals surface area contributed by atoms with E-state index in [0.29, 0.717) is 0 Å². The standard InChI is InChI=1S/C20H24FN3O2/c1-4-15-9-5-7-11-17(15)22-19(25)13-24(3)14(2)20(26)23-18-12-8-6-10-16(18)21/h5-12,14H,4,13H2,1-3H3,(H,22,25)(H,23,26). The highest BCUT2D eigenvalue weighted by Gasteiger charge is 2.21. The molecule has 2 N–H and O–H groups in total. The molecule has 0 radical (unpaired) electrons. The summed E-state index contributed by atoms with van der Waals surface area (Å²) in [5, 5.41) is 5.42. The number of anilines is 2. The number of rotatable bonds is 7. The third kappa shape index (κ3) is 5.13. The van der Waals surface area contributed by atoms with Crippen LogP contribution in [0.1, 0.15) is 19.4 Å². The lowest BCUT2D eigenvalue weighted by Crippen LogP contribution is -2.43. The molecule has 0 fully saturated rings. The predicted molar refractivity (Wildman–Crippen MR) is 102 cm³/mol. The molecule has 0 aliphatic heterocycles. The molecule has 0 aliphatic carbocycles. The number of hydrogen-bond acceptors (Lipinski definition) is 3. The predicted octanol–water partition coefficient (Wildman–Crippen LogP) is 3.29. The van der Waals surface area contributed by atoms with E-state index >= 15 is 0 Å². The van der Waals surface area contributed by atoms with E-state index in [0.717, 1.165) is 17.7 Å². The molecular weight excluding hydrogens is 333 g/mol. The Kier molecular flexibility index (Phi) is 6.86. The normalized spacial score (nSPS) is 11.9. The Balaban J connectivity index is 1.93. The van der Waals surface area contributed by atoms with E-state index in [1.165, 1.54) is 12.1 Å². The summed E-state index contributed by atoms with van der Waals surface area (Å²) < 4.78 is 13.6. The minimum atomic E-state index is -0.596. The molecule has 0 saturated heterocycles. The van der Waals surface area contributed by atoms with Crippen LogP contribution in [-0.4, -0.2) is 36.3 Å². The van der Waals surface area contributed by atoms with Crippen LogP contribution in [0.15, 0.2) is 48.5 Å². The molecule has 1 unspecified atom stereocenters. The van der Waals surface area contributed by atoms with Crippen molar-refractivity contribution < 1.29 is 14.0 Å². The van der Waals surface area contributed by atoms with Crippen LogP contribution in [0.25, 0.3) is 0 Å². The third-order valence-electron chi connectivity index (χ3n) is 4.24. The van der Waals surface area contributed by atoms with E-state index in [2.05, 4.69) is 10.6 Å².